The lowest BCUT2D eigenvalue weighted by atomic mass is 9.98. The van der Waals surface area contributed by atoms with Crippen LogP contribution in [-0.4, -0.2) is 106 Å². The van der Waals surface area contributed by atoms with E-state index in [-0.39, 0.29) is 36.7 Å². The predicted octanol–water partition coefficient (Wildman–Crippen LogP) is -0.451. The summed E-state index contributed by atoms with van der Waals surface area (Å²) in [5, 5.41) is 42.3. The molecule has 2 aliphatic heterocycles. The average Bonchev–Trinajstić information content (AvgIpc) is 3.11. The van der Waals surface area contributed by atoms with Crippen LogP contribution in [0.3, 0.4) is 0 Å². The van der Waals surface area contributed by atoms with Crippen LogP contribution in [-0.2, 0) is 28.5 Å². The van der Waals surface area contributed by atoms with Gasteiger partial charge in [0.05, 0.1) is 37.5 Å². The zero-order valence-corrected chi connectivity index (χ0v) is 22.7. The first kappa shape index (κ1) is 32.6. The van der Waals surface area contributed by atoms with Gasteiger partial charge >= 0.3 is 0 Å². The molecule has 8 atom stereocenters. The second kappa shape index (κ2) is 14.0. The fraction of sp³-hybridized carbons (Fsp3) is 0.917. The van der Waals surface area contributed by atoms with E-state index in [1.807, 2.05) is 27.7 Å². The van der Waals surface area contributed by atoms with E-state index in [0.717, 1.165) is 6.42 Å². The molecule has 2 fully saturated rings. The van der Waals surface area contributed by atoms with E-state index in [0.29, 0.717) is 6.61 Å². The standard InChI is InChI=1S/C15H27NO5.C9H19NO5/c1-7-11-13(21-15(5,6)19-11)12-10(16-9(2)17)8-18-14(3,4)20-12;1-3-7(13)9(15)8(14)6(4-11)10-5(2)12/h10-13H,7-8H2,1-6H3,(H,16,17);6-9,11,13-15H,3-4H2,1-2H3,(H,10,12)/t10-,11?,12?,13-;6-,7-,8-,9-/m11/s1. The third-order valence-electron chi connectivity index (χ3n) is 5.92. The number of rotatable bonds is 9. The number of amides is 2. The van der Waals surface area contributed by atoms with Crippen LogP contribution < -0.4 is 10.6 Å². The number of carbonyl (C=O) groups is 2. The Balaban J connectivity index is 0.000000384. The summed E-state index contributed by atoms with van der Waals surface area (Å²) >= 11 is 0. The van der Waals surface area contributed by atoms with E-state index in [1.54, 1.807) is 6.92 Å². The van der Waals surface area contributed by atoms with Crippen molar-refractivity contribution in [1.82, 2.24) is 10.6 Å². The van der Waals surface area contributed by atoms with Crippen LogP contribution in [0.15, 0.2) is 0 Å². The van der Waals surface area contributed by atoms with Gasteiger partial charge in [0.2, 0.25) is 11.8 Å². The quantitative estimate of drug-likeness (QED) is 0.232. The Morgan fingerprint density at radius 2 is 1.50 bits per heavy atom. The minimum atomic E-state index is -1.39. The molecule has 12 nitrogen and oxygen atoms in total. The smallest absolute Gasteiger partial charge is 0.217 e. The zero-order valence-electron chi connectivity index (χ0n) is 22.7. The van der Waals surface area contributed by atoms with Crippen molar-refractivity contribution in [3.63, 3.8) is 0 Å². The summed E-state index contributed by atoms with van der Waals surface area (Å²) in [6, 6.07) is -1.22. The molecule has 0 aliphatic carbocycles. The number of aliphatic hydroxyl groups is 4. The van der Waals surface area contributed by atoms with Crippen molar-refractivity contribution in [2.75, 3.05) is 13.2 Å². The number of nitrogens with one attached hydrogen (secondary N) is 2. The fourth-order valence-electron chi connectivity index (χ4n) is 4.17. The minimum absolute atomic E-state index is 0.0600. The molecular formula is C24H46N2O10. The lowest BCUT2D eigenvalue weighted by Gasteiger charge is -2.43. The van der Waals surface area contributed by atoms with E-state index in [1.165, 1.54) is 13.8 Å². The zero-order chi connectivity index (χ0) is 27.8. The minimum Gasteiger partial charge on any atom is -0.394 e. The second-order valence-electron chi connectivity index (χ2n) is 10.1. The Morgan fingerprint density at radius 3 is 1.97 bits per heavy atom. The molecule has 2 aliphatic rings. The van der Waals surface area contributed by atoms with E-state index in [4.69, 9.17) is 24.1 Å². The third kappa shape index (κ3) is 9.82. The Hall–Kier alpha value is -1.38. The molecule has 36 heavy (non-hydrogen) atoms. The molecule has 6 N–H and O–H groups in total. The molecule has 2 saturated heterocycles. The van der Waals surface area contributed by atoms with Gasteiger partial charge in [0.1, 0.15) is 24.4 Å². The number of ether oxygens (including phenoxy) is 4. The molecule has 0 aromatic carbocycles. The van der Waals surface area contributed by atoms with Gasteiger partial charge < -0.3 is 50.0 Å². The predicted molar refractivity (Wildman–Crippen MR) is 130 cm³/mol. The van der Waals surface area contributed by atoms with E-state index >= 15 is 0 Å². The molecule has 0 aromatic rings. The molecule has 212 valence electrons. The molecule has 2 heterocycles. The third-order valence-corrected chi connectivity index (χ3v) is 5.92. The number of hydrogen-bond donors (Lipinski definition) is 6. The maximum absolute atomic E-state index is 11.4. The lowest BCUT2D eigenvalue weighted by Crippen LogP contribution is -2.61. The second-order valence-corrected chi connectivity index (χ2v) is 10.1. The molecule has 12 heteroatoms. The van der Waals surface area contributed by atoms with Crippen LogP contribution in [0.4, 0.5) is 0 Å². The van der Waals surface area contributed by atoms with E-state index in [2.05, 4.69) is 17.6 Å². The largest absolute Gasteiger partial charge is 0.394 e. The molecule has 0 spiro atoms. The van der Waals surface area contributed by atoms with Crippen LogP contribution >= 0.6 is 0 Å². The summed E-state index contributed by atoms with van der Waals surface area (Å²) in [5.41, 5.74) is 0. The Morgan fingerprint density at radius 1 is 0.917 bits per heavy atom. The van der Waals surface area contributed by atoms with Crippen molar-refractivity contribution in [2.45, 2.75) is 129 Å². The van der Waals surface area contributed by atoms with Gasteiger partial charge in [0.25, 0.3) is 0 Å². The Kier molecular flexibility index (Phi) is 12.7. The average molecular weight is 523 g/mol. The van der Waals surface area contributed by atoms with Crippen molar-refractivity contribution in [3.8, 4) is 0 Å². The first-order valence-corrected chi connectivity index (χ1v) is 12.4. The number of aliphatic hydroxyl groups excluding tert-OH is 4. The SMILES string of the molecule is CCC1OC(C)(C)O[C@H]1C1OC(C)(C)OC[C@H]1NC(C)=O.CC[C@@H](O)[C@@H](O)[C@H](O)[C@@H](CO)NC(C)=O. The van der Waals surface area contributed by atoms with Gasteiger partial charge in [-0.25, -0.2) is 0 Å². The van der Waals surface area contributed by atoms with Crippen molar-refractivity contribution < 1.29 is 49.0 Å². The van der Waals surface area contributed by atoms with Crippen LogP contribution in [0.2, 0.25) is 0 Å². The monoisotopic (exact) mass is 522 g/mol. The normalized spacial score (nSPS) is 30.2. The van der Waals surface area contributed by atoms with E-state index in [9.17, 15) is 24.9 Å². The van der Waals surface area contributed by atoms with Crippen molar-refractivity contribution in [3.05, 3.63) is 0 Å². The van der Waals surface area contributed by atoms with Crippen LogP contribution in [0.1, 0.15) is 68.2 Å². The first-order valence-electron chi connectivity index (χ1n) is 12.4. The van der Waals surface area contributed by atoms with Gasteiger partial charge in [-0.3, -0.25) is 9.59 Å². The highest BCUT2D eigenvalue weighted by Crippen LogP contribution is 2.36. The van der Waals surface area contributed by atoms with Crippen LogP contribution in [0.5, 0.6) is 0 Å². The van der Waals surface area contributed by atoms with E-state index < -0.39 is 48.4 Å². The topological polar surface area (TPSA) is 176 Å². The molecule has 2 unspecified atom stereocenters. The van der Waals surface area contributed by atoms with Gasteiger partial charge in [-0.1, -0.05) is 13.8 Å². The summed E-state index contributed by atoms with van der Waals surface area (Å²) in [5.74, 6) is -1.87. The molecule has 2 amide bonds. The van der Waals surface area contributed by atoms with Crippen molar-refractivity contribution in [2.24, 2.45) is 0 Å². The van der Waals surface area contributed by atoms with Crippen molar-refractivity contribution in [1.29, 1.82) is 0 Å². The first-order chi connectivity index (χ1) is 16.6. The number of carbonyl (C=O) groups excluding carboxylic acids is 2. The lowest BCUT2D eigenvalue weighted by molar-refractivity contribution is -0.301. The maximum atomic E-state index is 11.4. The van der Waals surface area contributed by atoms with Gasteiger partial charge in [0, 0.05) is 13.8 Å². The molecular weight excluding hydrogens is 476 g/mol. The summed E-state index contributed by atoms with van der Waals surface area (Å²) in [6.45, 7) is 13.8. The van der Waals surface area contributed by atoms with Gasteiger partial charge in [-0.2, -0.15) is 0 Å². The highest BCUT2D eigenvalue weighted by atomic mass is 16.8. The highest BCUT2D eigenvalue weighted by Gasteiger charge is 2.50. The van der Waals surface area contributed by atoms with Crippen LogP contribution in [0.25, 0.3) is 0 Å². The van der Waals surface area contributed by atoms with Crippen LogP contribution in [0, 0.1) is 0 Å². The molecule has 0 saturated carbocycles. The van der Waals surface area contributed by atoms with Gasteiger partial charge in [-0.05, 0) is 40.5 Å². The summed E-state index contributed by atoms with van der Waals surface area (Å²) < 4.78 is 23.7. The summed E-state index contributed by atoms with van der Waals surface area (Å²) in [7, 11) is 0. The summed E-state index contributed by atoms with van der Waals surface area (Å²) in [6.07, 6.45) is -3.36. The highest BCUT2D eigenvalue weighted by molar-refractivity contribution is 5.73. The Bertz CT molecular complexity index is 704. The molecule has 0 radical (unpaired) electrons. The number of hydrogen-bond acceptors (Lipinski definition) is 10. The van der Waals surface area contributed by atoms with Crippen molar-refractivity contribution >= 4 is 11.8 Å². The maximum Gasteiger partial charge on any atom is 0.217 e. The summed E-state index contributed by atoms with van der Waals surface area (Å²) in [4.78, 5) is 22.1. The fourth-order valence-corrected chi connectivity index (χ4v) is 4.17. The van der Waals surface area contributed by atoms with Gasteiger partial charge in [0.15, 0.2) is 11.6 Å². The van der Waals surface area contributed by atoms with Gasteiger partial charge in [-0.15, -0.1) is 0 Å². The molecule has 0 bridgehead atoms. The molecule has 2 rings (SSSR count). The molecule has 0 aromatic heterocycles. The Labute approximate surface area is 213 Å².